The molecule has 1 rings (SSSR count). The summed E-state index contributed by atoms with van der Waals surface area (Å²) < 4.78 is 2.17. The Kier molecular flexibility index (Phi) is 3.73. The predicted molar refractivity (Wildman–Crippen MR) is 60.7 cm³/mol. The van der Waals surface area contributed by atoms with Crippen LogP contribution in [0.25, 0.3) is 0 Å². The lowest BCUT2D eigenvalue weighted by molar-refractivity contribution is 0.549. The van der Waals surface area contributed by atoms with E-state index in [9.17, 15) is 0 Å². The van der Waals surface area contributed by atoms with Gasteiger partial charge in [0.25, 0.3) is 0 Å². The Morgan fingerprint density at radius 3 is 2.29 bits per heavy atom. The molecule has 0 spiro atoms. The summed E-state index contributed by atoms with van der Waals surface area (Å²) in [4.78, 5) is 0. The van der Waals surface area contributed by atoms with Crippen LogP contribution in [-0.4, -0.2) is 9.78 Å². The van der Waals surface area contributed by atoms with E-state index >= 15 is 0 Å². The zero-order valence-corrected chi connectivity index (χ0v) is 10.0. The van der Waals surface area contributed by atoms with Crippen molar-refractivity contribution in [2.24, 2.45) is 0 Å². The summed E-state index contributed by atoms with van der Waals surface area (Å²) in [5.41, 5.74) is 2.60. The Hall–Kier alpha value is -0.790. The third-order valence-electron chi connectivity index (χ3n) is 2.45. The molecule has 1 aromatic rings. The fourth-order valence-electron chi connectivity index (χ4n) is 1.59. The van der Waals surface area contributed by atoms with Crippen LogP contribution in [0.5, 0.6) is 0 Å². The Morgan fingerprint density at radius 2 is 1.86 bits per heavy atom. The lowest BCUT2D eigenvalue weighted by Crippen LogP contribution is -2.05. The quantitative estimate of drug-likeness (QED) is 0.717. The molecule has 14 heavy (non-hydrogen) atoms. The number of hydrogen-bond acceptors (Lipinski definition) is 1. The van der Waals surface area contributed by atoms with Gasteiger partial charge in [-0.3, -0.25) is 4.68 Å². The maximum absolute atomic E-state index is 4.64. The number of hydrogen-bond donors (Lipinski definition) is 0. The minimum Gasteiger partial charge on any atom is -0.269 e. The second-order valence-electron chi connectivity index (χ2n) is 4.53. The molecule has 0 N–H and O–H groups in total. The highest BCUT2D eigenvalue weighted by Gasteiger charge is 2.12. The van der Waals surface area contributed by atoms with Gasteiger partial charge < -0.3 is 0 Å². The van der Waals surface area contributed by atoms with Crippen LogP contribution in [0.3, 0.4) is 0 Å². The van der Waals surface area contributed by atoms with Gasteiger partial charge in [0.05, 0.1) is 5.69 Å². The molecule has 0 aliphatic rings. The number of rotatable bonds is 4. The van der Waals surface area contributed by atoms with Gasteiger partial charge in [-0.2, -0.15) is 5.10 Å². The van der Waals surface area contributed by atoms with E-state index in [2.05, 4.69) is 50.5 Å². The Balaban J connectivity index is 2.99. The molecule has 1 aromatic heterocycles. The highest BCUT2D eigenvalue weighted by molar-refractivity contribution is 5.16. The second-order valence-corrected chi connectivity index (χ2v) is 4.53. The van der Waals surface area contributed by atoms with Crippen molar-refractivity contribution in [3.63, 3.8) is 0 Å². The summed E-state index contributed by atoms with van der Waals surface area (Å²) >= 11 is 0. The average Bonchev–Trinajstić information content (AvgIpc) is 2.49. The first kappa shape index (κ1) is 11.3. The summed E-state index contributed by atoms with van der Waals surface area (Å²) in [6.07, 6.45) is 1.15. The van der Waals surface area contributed by atoms with Crippen LogP contribution in [0.4, 0.5) is 0 Å². The molecule has 0 aromatic carbocycles. The Morgan fingerprint density at radius 1 is 1.21 bits per heavy atom. The van der Waals surface area contributed by atoms with E-state index in [1.54, 1.807) is 0 Å². The average molecular weight is 194 g/mol. The first-order valence-corrected chi connectivity index (χ1v) is 5.63. The van der Waals surface area contributed by atoms with Crippen LogP contribution in [-0.2, 0) is 6.54 Å². The molecule has 2 nitrogen and oxygen atoms in total. The van der Waals surface area contributed by atoms with E-state index in [-0.39, 0.29) is 0 Å². The molecule has 0 amide bonds. The molecule has 2 heteroatoms. The minimum absolute atomic E-state index is 0.533. The van der Waals surface area contributed by atoms with Crippen LogP contribution in [0, 0.1) is 0 Å². The van der Waals surface area contributed by atoms with Crippen molar-refractivity contribution in [3.05, 3.63) is 17.5 Å². The molecule has 0 saturated carbocycles. The third kappa shape index (κ3) is 2.37. The fourth-order valence-corrected chi connectivity index (χ4v) is 1.59. The van der Waals surface area contributed by atoms with Gasteiger partial charge in [-0.05, 0) is 24.3 Å². The molecule has 0 aliphatic heterocycles. The van der Waals surface area contributed by atoms with Gasteiger partial charge in [-0.15, -0.1) is 0 Å². The summed E-state index contributed by atoms with van der Waals surface area (Å²) in [6, 6.07) is 2.25. The highest BCUT2D eigenvalue weighted by Crippen LogP contribution is 2.20. The Labute approximate surface area is 87.3 Å². The standard InChI is InChI=1S/C12H22N2/c1-6-7-14-12(10(4)5)8-11(13-14)9(2)3/h8-10H,6-7H2,1-5H3. The van der Waals surface area contributed by atoms with E-state index < -0.39 is 0 Å². The summed E-state index contributed by atoms with van der Waals surface area (Å²) in [5, 5.41) is 4.64. The number of aromatic nitrogens is 2. The lowest BCUT2D eigenvalue weighted by Gasteiger charge is -2.07. The first-order chi connectivity index (χ1) is 6.56. The SMILES string of the molecule is CCCn1nc(C(C)C)cc1C(C)C. The maximum atomic E-state index is 4.64. The van der Waals surface area contributed by atoms with Gasteiger partial charge in [0.15, 0.2) is 0 Å². The molecule has 0 unspecified atom stereocenters. The molecule has 0 atom stereocenters. The maximum Gasteiger partial charge on any atom is 0.0652 e. The Bertz CT molecular complexity index is 285. The smallest absolute Gasteiger partial charge is 0.0652 e. The monoisotopic (exact) mass is 194 g/mol. The van der Waals surface area contributed by atoms with E-state index in [1.807, 2.05) is 0 Å². The largest absolute Gasteiger partial charge is 0.269 e. The van der Waals surface area contributed by atoms with Crippen molar-refractivity contribution in [1.29, 1.82) is 0 Å². The van der Waals surface area contributed by atoms with Crippen LogP contribution >= 0.6 is 0 Å². The molecule has 80 valence electrons. The van der Waals surface area contributed by atoms with Gasteiger partial charge in [0.2, 0.25) is 0 Å². The number of nitrogens with zero attached hydrogens (tertiary/aromatic N) is 2. The van der Waals surface area contributed by atoms with Gasteiger partial charge in [-0.1, -0.05) is 34.6 Å². The van der Waals surface area contributed by atoms with Gasteiger partial charge in [0.1, 0.15) is 0 Å². The first-order valence-electron chi connectivity index (χ1n) is 5.63. The zero-order valence-electron chi connectivity index (χ0n) is 10.0. The molecule has 0 aliphatic carbocycles. The predicted octanol–water partition coefficient (Wildman–Crippen LogP) is 3.54. The van der Waals surface area contributed by atoms with Crippen molar-refractivity contribution in [3.8, 4) is 0 Å². The van der Waals surface area contributed by atoms with Crippen LogP contribution < -0.4 is 0 Å². The van der Waals surface area contributed by atoms with Crippen molar-refractivity contribution >= 4 is 0 Å². The minimum atomic E-state index is 0.533. The van der Waals surface area contributed by atoms with Crippen molar-refractivity contribution in [1.82, 2.24) is 9.78 Å². The fraction of sp³-hybridized carbons (Fsp3) is 0.750. The van der Waals surface area contributed by atoms with Gasteiger partial charge >= 0.3 is 0 Å². The van der Waals surface area contributed by atoms with Crippen LogP contribution in [0.1, 0.15) is 64.3 Å². The van der Waals surface area contributed by atoms with E-state index in [1.165, 1.54) is 11.4 Å². The van der Waals surface area contributed by atoms with Gasteiger partial charge in [-0.25, -0.2) is 0 Å². The zero-order chi connectivity index (χ0) is 10.7. The normalized spacial score (nSPS) is 11.6. The van der Waals surface area contributed by atoms with Crippen molar-refractivity contribution in [2.45, 2.75) is 59.4 Å². The molecule has 0 saturated heterocycles. The van der Waals surface area contributed by atoms with E-state index in [4.69, 9.17) is 0 Å². The van der Waals surface area contributed by atoms with E-state index in [0.717, 1.165) is 13.0 Å². The molecule has 0 bridgehead atoms. The second kappa shape index (κ2) is 4.63. The summed E-state index contributed by atoms with van der Waals surface area (Å²) in [6.45, 7) is 12.1. The third-order valence-corrected chi connectivity index (χ3v) is 2.45. The molecular weight excluding hydrogens is 172 g/mol. The number of aryl methyl sites for hydroxylation is 1. The van der Waals surface area contributed by atoms with Crippen molar-refractivity contribution in [2.75, 3.05) is 0 Å². The molecule has 0 radical (unpaired) electrons. The molecular formula is C12H22N2. The van der Waals surface area contributed by atoms with Crippen LogP contribution in [0.2, 0.25) is 0 Å². The molecule has 1 heterocycles. The summed E-state index contributed by atoms with van der Waals surface area (Å²) in [5.74, 6) is 1.10. The molecule has 0 fully saturated rings. The lowest BCUT2D eigenvalue weighted by atomic mass is 10.1. The van der Waals surface area contributed by atoms with Crippen LogP contribution in [0.15, 0.2) is 6.07 Å². The van der Waals surface area contributed by atoms with Crippen molar-refractivity contribution < 1.29 is 0 Å². The highest BCUT2D eigenvalue weighted by atomic mass is 15.3. The topological polar surface area (TPSA) is 17.8 Å². The van der Waals surface area contributed by atoms with E-state index in [0.29, 0.717) is 11.8 Å². The summed E-state index contributed by atoms with van der Waals surface area (Å²) in [7, 11) is 0. The van der Waals surface area contributed by atoms with Gasteiger partial charge in [0, 0.05) is 12.2 Å².